The SMILES string of the molecule is C=CC#CCNCC. The maximum atomic E-state index is 3.46. The molecule has 0 aliphatic heterocycles. The third-order valence-corrected chi connectivity index (χ3v) is 0.668. The molecule has 0 saturated heterocycles. The Morgan fingerprint density at radius 2 is 2.50 bits per heavy atom. The van der Waals surface area contributed by atoms with Crippen LogP contribution in [-0.4, -0.2) is 13.1 Å². The van der Waals surface area contributed by atoms with Crippen LogP contribution in [0.15, 0.2) is 12.7 Å². The van der Waals surface area contributed by atoms with Crippen LogP contribution in [-0.2, 0) is 0 Å². The molecule has 0 aliphatic rings. The Morgan fingerprint density at radius 3 is 3.00 bits per heavy atom. The largest absolute Gasteiger partial charge is 0.306 e. The second-order valence-corrected chi connectivity index (χ2v) is 1.31. The highest BCUT2D eigenvalue weighted by Gasteiger charge is 1.68. The maximum Gasteiger partial charge on any atom is 0.0579 e. The number of hydrogen-bond acceptors (Lipinski definition) is 1. The van der Waals surface area contributed by atoms with Gasteiger partial charge in [0.1, 0.15) is 0 Å². The fraction of sp³-hybridized carbons (Fsp3) is 0.429. The summed E-state index contributed by atoms with van der Waals surface area (Å²) in [5, 5.41) is 3.06. The van der Waals surface area contributed by atoms with Crippen molar-refractivity contribution in [1.82, 2.24) is 5.32 Å². The van der Waals surface area contributed by atoms with Gasteiger partial charge in [0.05, 0.1) is 6.54 Å². The molecule has 8 heavy (non-hydrogen) atoms. The highest BCUT2D eigenvalue weighted by molar-refractivity contribution is 5.12. The maximum absolute atomic E-state index is 3.46. The fourth-order valence-electron chi connectivity index (χ4n) is 0.311. The summed E-state index contributed by atoms with van der Waals surface area (Å²) < 4.78 is 0. The molecule has 0 amide bonds. The average Bonchev–Trinajstić information content (AvgIpc) is 1.81. The van der Waals surface area contributed by atoms with Gasteiger partial charge in [-0.2, -0.15) is 0 Å². The van der Waals surface area contributed by atoms with Crippen molar-refractivity contribution >= 4 is 0 Å². The summed E-state index contributed by atoms with van der Waals surface area (Å²) in [6.45, 7) is 7.25. The molecule has 1 nitrogen and oxygen atoms in total. The van der Waals surface area contributed by atoms with Gasteiger partial charge in [0.15, 0.2) is 0 Å². The molecule has 0 aromatic rings. The van der Waals surface area contributed by atoms with Crippen LogP contribution in [0, 0.1) is 11.8 Å². The van der Waals surface area contributed by atoms with Gasteiger partial charge in [-0.1, -0.05) is 25.3 Å². The number of rotatable bonds is 2. The highest BCUT2D eigenvalue weighted by Crippen LogP contribution is 1.56. The van der Waals surface area contributed by atoms with E-state index in [-0.39, 0.29) is 0 Å². The molecule has 44 valence electrons. The molecule has 0 aromatic carbocycles. The Kier molecular flexibility index (Phi) is 5.68. The lowest BCUT2D eigenvalue weighted by molar-refractivity contribution is 0.811. The predicted molar refractivity (Wildman–Crippen MR) is 36.5 cm³/mol. The van der Waals surface area contributed by atoms with Gasteiger partial charge in [0.2, 0.25) is 0 Å². The first kappa shape index (κ1) is 7.26. The van der Waals surface area contributed by atoms with Crippen molar-refractivity contribution in [2.24, 2.45) is 0 Å². The minimum atomic E-state index is 0.766. The zero-order valence-electron chi connectivity index (χ0n) is 5.20. The number of hydrogen-bond donors (Lipinski definition) is 1. The third-order valence-electron chi connectivity index (χ3n) is 0.668. The van der Waals surface area contributed by atoms with E-state index < -0.39 is 0 Å². The van der Waals surface area contributed by atoms with E-state index in [0.717, 1.165) is 13.1 Å². The molecule has 0 aromatic heterocycles. The van der Waals surface area contributed by atoms with E-state index in [1.165, 1.54) is 0 Å². The van der Waals surface area contributed by atoms with Crippen molar-refractivity contribution < 1.29 is 0 Å². The van der Waals surface area contributed by atoms with Gasteiger partial charge in [-0.15, -0.1) is 0 Å². The summed E-state index contributed by atoms with van der Waals surface area (Å²) >= 11 is 0. The Balaban J connectivity index is 3.02. The molecule has 0 rings (SSSR count). The standard InChI is InChI=1S/C7H11N/c1-3-5-6-7-8-4-2/h3,8H,1,4,7H2,2H3. The summed E-state index contributed by atoms with van der Waals surface area (Å²) in [6, 6.07) is 0. The summed E-state index contributed by atoms with van der Waals surface area (Å²) in [6.07, 6.45) is 1.59. The Morgan fingerprint density at radius 1 is 1.75 bits per heavy atom. The molecule has 0 unspecified atom stereocenters. The quantitative estimate of drug-likeness (QED) is 0.408. The zero-order valence-corrected chi connectivity index (χ0v) is 5.20. The molecule has 0 heterocycles. The molecule has 1 heteroatoms. The first-order chi connectivity index (χ1) is 3.91. The van der Waals surface area contributed by atoms with Gasteiger partial charge < -0.3 is 5.32 Å². The second-order valence-electron chi connectivity index (χ2n) is 1.31. The van der Waals surface area contributed by atoms with Crippen LogP contribution >= 0.6 is 0 Å². The van der Waals surface area contributed by atoms with Gasteiger partial charge in [-0.25, -0.2) is 0 Å². The summed E-state index contributed by atoms with van der Waals surface area (Å²) in [5.74, 6) is 5.59. The molecular formula is C7H11N. The van der Waals surface area contributed by atoms with Crippen LogP contribution in [0.3, 0.4) is 0 Å². The molecule has 0 aliphatic carbocycles. The van der Waals surface area contributed by atoms with Crippen molar-refractivity contribution in [3.8, 4) is 11.8 Å². The normalized spacial score (nSPS) is 7.12. The monoisotopic (exact) mass is 109 g/mol. The molecule has 1 N–H and O–H groups in total. The predicted octanol–water partition coefficient (Wildman–Crippen LogP) is 0.785. The Hall–Kier alpha value is -0.740. The van der Waals surface area contributed by atoms with Gasteiger partial charge in [-0.3, -0.25) is 0 Å². The van der Waals surface area contributed by atoms with Crippen LogP contribution in [0.4, 0.5) is 0 Å². The molecule has 0 saturated carbocycles. The van der Waals surface area contributed by atoms with Crippen LogP contribution < -0.4 is 5.32 Å². The lowest BCUT2D eigenvalue weighted by Crippen LogP contribution is -2.11. The van der Waals surface area contributed by atoms with E-state index in [4.69, 9.17) is 0 Å². The van der Waals surface area contributed by atoms with Crippen molar-refractivity contribution in [2.75, 3.05) is 13.1 Å². The lowest BCUT2D eigenvalue weighted by Gasteiger charge is -1.87. The first-order valence-corrected chi connectivity index (χ1v) is 2.71. The molecule has 0 bridgehead atoms. The highest BCUT2D eigenvalue weighted by atomic mass is 14.8. The van der Waals surface area contributed by atoms with E-state index in [1.807, 2.05) is 0 Å². The van der Waals surface area contributed by atoms with Crippen LogP contribution in [0.2, 0.25) is 0 Å². The zero-order chi connectivity index (χ0) is 6.24. The van der Waals surface area contributed by atoms with E-state index in [0.29, 0.717) is 0 Å². The first-order valence-electron chi connectivity index (χ1n) is 2.71. The van der Waals surface area contributed by atoms with Gasteiger partial charge in [0, 0.05) is 0 Å². The summed E-state index contributed by atoms with van der Waals surface area (Å²) in [4.78, 5) is 0. The third kappa shape index (κ3) is 5.26. The molecular weight excluding hydrogens is 98.1 g/mol. The van der Waals surface area contributed by atoms with Gasteiger partial charge >= 0.3 is 0 Å². The molecule has 0 fully saturated rings. The van der Waals surface area contributed by atoms with Gasteiger partial charge in [0.25, 0.3) is 0 Å². The second kappa shape index (κ2) is 6.26. The van der Waals surface area contributed by atoms with Crippen molar-refractivity contribution in [3.63, 3.8) is 0 Å². The van der Waals surface area contributed by atoms with Gasteiger partial charge in [-0.05, 0) is 12.6 Å². The number of nitrogens with one attached hydrogen (secondary N) is 1. The minimum Gasteiger partial charge on any atom is -0.306 e. The van der Waals surface area contributed by atoms with Crippen LogP contribution in [0.25, 0.3) is 0 Å². The van der Waals surface area contributed by atoms with Crippen LogP contribution in [0.5, 0.6) is 0 Å². The summed E-state index contributed by atoms with van der Waals surface area (Å²) in [5.41, 5.74) is 0. The molecule has 0 atom stereocenters. The van der Waals surface area contributed by atoms with Crippen molar-refractivity contribution in [2.45, 2.75) is 6.92 Å². The Bertz CT molecular complexity index is 105. The van der Waals surface area contributed by atoms with E-state index in [9.17, 15) is 0 Å². The molecule has 0 radical (unpaired) electrons. The van der Waals surface area contributed by atoms with Crippen molar-refractivity contribution in [3.05, 3.63) is 12.7 Å². The smallest absolute Gasteiger partial charge is 0.0579 e. The minimum absolute atomic E-state index is 0.766. The van der Waals surface area contributed by atoms with E-state index in [1.54, 1.807) is 6.08 Å². The van der Waals surface area contributed by atoms with E-state index in [2.05, 4.69) is 30.7 Å². The summed E-state index contributed by atoms with van der Waals surface area (Å²) in [7, 11) is 0. The van der Waals surface area contributed by atoms with E-state index >= 15 is 0 Å². The van der Waals surface area contributed by atoms with Crippen molar-refractivity contribution in [1.29, 1.82) is 0 Å². The topological polar surface area (TPSA) is 12.0 Å². The molecule has 0 spiro atoms. The van der Waals surface area contributed by atoms with Crippen LogP contribution in [0.1, 0.15) is 6.92 Å². The Labute approximate surface area is 50.8 Å². The fourth-order valence-corrected chi connectivity index (χ4v) is 0.311. The lowest BCUT2D eigenvalue weighted by atomic mass is 10.5. The number of allylic oxidation sites excluding steroid dienone is 1. The average molecular weight is 109 g/mol.